The number of carbonyl (C=O) groups excluding carboxylic acids is 1. The molecule has 0 spiro atoms. The number of nitro groups is 1. The van der Waals surface area contributed by atoms with E-state index < -0.39 is 10.9 Å². The SMILES string of the molecule is COc1cccc(/C=C2\N=C(c3cc(C)ccc3[N+](=O)[O-])OC2=O)c1OC. The predicted octanol–water partition coefficient (Wildman–Crippen LogP) is 3.26. The van der Waals surface area contributed by atoms with Gasteiger partial charge in [-0.2, -0.15) is 0 Å². The molecule has 0 N–H and O–H groups in total. The van der Waals surface area contributed by atoms with E-state index >= 15 is 0 Å². The molecule has 0 radical (unpaired) electrons. The Bertz CT molecular complexity index is 994. The largest absolute Gasteiger partial charge is 0.493 e. The van der Waals surface area contributed by atoms with Gasteiger partial charge in [0.15, 0.2) is 17.2 Å². The minimum atomic E-state index is -0.703. The first-order valence-corrected chi connectivity index (χ1v) is 7.93. The molecule has 0 saturated carbocycles. The molecule has 1 aliphatic rings. The fourth-order valence-electron chi connectivity index (χ4n) is 2.68. The van der Waals surface area contributed by atoms with Gasteiger partial charge in [-0.05, 0) is 30.7 Å². The molecule has 0 amide bonds. The van der Waals surface area contributed by atoms with Crippen LogP contribution in [-0.2, 0) is 9.53 Å². The second-order valence-corrected chi connectivity index (χ2v) is 5.70. The maximum absolute atomic E-state index is 12.2. The van der Waals surface area contributed by atoms with Crippen molar-refractivity contribution in [3.63, 3.8) is 0 Å². The summed E-state index contributed by atoms with van der Waals surface area (Å²) in [5, 5.41) is 11.3. The Balaban J connectivity index is 2.07. The number of aryl methyl sites for hydroxylation is 1. The van der Waals surface area contributed by atoms with Crippen molar-refractivity contribution in [3.8, 4) is 11.5 Å². The zero-order chi connectivity index (χ0) is 19.6. The highest BCUT2D eigenvalue weighted by Gasteiger charge is 2.29. The quantitative estimate of drug-likeness (QED) is 0.347. The topological polar surface area (TPSA) is 100 Å². The third-order valence-corrected chi connectivity index (χ3v) is 3.93. The number of nitro benzene ring substituents is 1. The molecule has 27 heavy (non-hydrogen) atoms. The van der Waals surface area contributed by atoms with Crippen LogP contribution in [0.15, 0.2) is 47.1 Å². The van der Waals surface area contributed by atoms with Crippen molar-refractivity contribution in [1.82, 2.24) is 0 Å². The van der Waals surface area contributed by atoms with Crippen molar-refractivity contribution in [1.29, 1.82) is 0 Å². The normalized spacial score (nSPS) is 14.7. The Hall–Kier alpha value is -3.68. The summed E-state index contributed by atoms with van der Waals surface area (Å²) in [7, 11) is 2.99. The van der Waals surface area contributed by atoms with E-state index in [9.17, 15) is 14.9 Å². The minimum Gasteiger partial charge on any atom is -0.493 e. The van der Waals surface area contributed by atoms with Crippen molar-refractivity contribution in [2.24, 2.45) is 4.99 Å². The zero-order valence-electron chi connectivity index (χ0n) is 14.9. The molecular formula is C19H16N2O6. The highest BCUT2D eigenvalue weighted by molar-refractivity contribution is 6.14. The molecule has 138 valence electrons. The van der Waals surface area contributed by atoms with E-state index in [1.165, 1.54) is 26.4 Å². The lowest BCUT2D eigenvalue weighted by Crippen LogP contribution is -2.08. The van der Waals surface area contributed by atoms with Gasteiger partial charge in [0.25, 0.3) is 5.69 Å². The van der Waals surface area contributed by atoms with Crippen molar-refractivity contribution in [2.45, 2.75) is 6.92 Å². The molecule has 3 rings (SSSR count). The summed E-state index contributed by atoms with van der Waals surface area (Å²) in [5.74, 6) is 0.122. The molecule has 1 aliphatic heterocycles. The van der Waals surface area contributed by atoms with E-state index in [-0.39, 0.29) is 22.8 Å². The number of methoxy groups -OCH3 is 2. The van der Waals surface area contributed by atoms with Gasteiger partial charge in [0, 0.05) is 11.6 Å². The molecule has 0 bridgehead atoms. The molecule has 8 heteroatoms. The van der Waals surface area contributed by atoms with Crippen molar-refractivity contribution >= 4 is 23.6 Å². The fraction of sp³-hybridized carbons (Fsp3) is 0.158. The van der Waals surface area contributed by atoms with E-state index in [0.717, 1.165) is 5.56 Å². The number of esters is 1. The lowest BCUT2D eigenvalue weighted by Gasteiger charge is -2.09. The van der Waals surface area contributed by atoms with Crippen LogP contribution in [-0.4, -0.2) is 31.0 Å². The van der Waals surface area contributed by atoms with E-state index in [2.05, 4.69) is 4.99 Å². The first-order chi connectivity index (χ1) is 12.9. The number of rotatable bonds is 5. The second-order valence-electron chi connectivity index (χ2n) is 5.70. The van der Waals surface area contributed by atoms with Crippen LogP contribution < -0.4 is 9.47 Å². The summed E-state index contributed by atoms with van der Waals surface area (Å²) in [6, 6.07) is 9.71. The highest BCUT2D eigenvalue weighted by atomic mass is 16.6. The molecule has 2 aromatic carbocycles. The Labute approximate surface area is 154 Å². The number of carbonyl (C=O) groups is 1. The molecule has 0 fully saturated rings. The Morgan fingerprint density at radius 2 is 1.96 bits per heavy atom. The number of hydrogen-bond acceptors (Lipinski definition) is 7. The molecule has 0 saturated heterocycles. The summed E-state index contributed by atoms with van der Waals surface area (Å²) >= 11 is 0. The molecule has 0 aliphatic carbocycles. The van der Waals surface area contributed by atoms with Crippen LogP contribution in [0.1, 0.15) is 16.7 Å². The number of ether oxygens (including phenoxy) is 3. The fourth-order valence-corrected chi connectivity index (χ4v) is 2.68. The van der Waals surface area contributed by atoms with Crippen molar-refractivity contribution in [3.05, 3.63) is 68.9 Å². The number of para-hydroxylation sites is 1. The van der Waals surface area contributed by atoms with Gasteiger partial charge in [-0.25, -0.2) is 9.79 Å². The average Bonchev–Trinajstić information content (AvgIpc) is 3.01. The zero-order valence-corrected chi connectivity index (χ0v) is 14.9. The van der Waals surface area contributed by atoms with Gasteiger partial charge in [0.2, 0.25) is 5.90 Å². The first-order valence-electron chi connectivity index (χ1n) is 7.93. The monoisotopic (exact) mass is 368 g/mol. The number of hydrogen-bond donors (Lipinski definition) is 0. The Kier molecular flexibility index (Phi) is 4.89. The van der Waals surface area contributed by atoms with Gasteiger partial charge in [0.1, 0.15) is 5.56 Å². The molecule has 8 nitrogen and oxygen atoms in total. The van der Waals surface area contributed by atoms with Crippen LogP contribution in [0.4, 0.5) is 5.69 Å². The van der Waals surface area contributed by atoms with Gasteiger partial charge < -0.3 is 14.2 Å². The number of nitrogens with zero attached hydrogens (tertiary/aromatic N) is 2. The van der Waals surface area contributed by atoms with E-state index in [0.29, 0.717) is 17.1 Å². The van der Waals surface area contributed by atoms with Crippen LogP contribution in [0, 0.1) is 17.0 Å². The lowest BCUT2D eigenvalue weighted by molar-refractivity contribution is -0.385. The van der Waals surface area contributed by atoms with Crippen LogP contribution in [0.25, 0.3) is 6.08 Å². The van der Waals surface area contributed by atoms with Gasteiger partial charge in [0.05, 0.1) is 19.1 Å². The Morgan fingerprint density at radius 3 is 2.63 bits per heavy atom. The molecule has 1 heterocycles. The van der Waals surface area contributed by atoms with Crippen molar-refractivity contribution in [2.75, 3.05) is 14.2 Å². The molecule has 0 atom stereocenters. The summed E-state index contributed by atoms with van der Waals surface area (Å²) in [6.07, 6.45) is 1.48. The molecule has 0 aromatic heterocycles. The van der Waals surface area contributed by atoms with Crippen LogP contribution >= 0.6 is 0 Å². The highest BCUT2D eigenvalue weighted by Crippen LogP contribution is 2.33. The summed E-state index contributed by atoms with van der Waals surface area (Å²) < 4.78 is 15.7. The van der Waals surface area contributed by atoms with E-state index in [4.69, 9.17) is 14.2 Å². The van der Waals surface area contributed by atoms with E-state index in [1.54, 1.807) is 37.3 Å². The second kappa shape index (κ2) is 7.28. The average molecular weight is 368 g/mol. The smallest absolute Gasteiger partial charge is 0.363 e. The predicted molar refractivity (Wildman–Crippen MR) is 98.0 cm³/mol. The van der Waals surface area contributed by atoms with Gasteiger partial charge in [-0.15, -0.1) is 0 Å². The summed E-state index contributed by atoms with van der Waals surface area (Å²) in [4.78, 5) is 27.1. The number of cyclic esters (lactones) is 1. The molecule has 0 unspecified atom stereocenters. The van der Waals surface area contributed by atoms with Crippen LogP contribution in [0.3, 0.4) is 0 Å². The van der Waals surface area contributed by atoms with E-state index in [1.807, 2.05) is 0 Å². The third kappa shape index (κ3) is 3.50. The van der Waals surface area contributed by atoms with Gasteiger partial charge >= 0.3 is 5.97 Å². The third-order valence-electron chi connectivity index (χ3n) is 3.93. The summed E-state index contributed by atoms with van der Waals surface area (Å²) in [6.45, 7) is 1.78. The van der Waals surface area contributed by atoms with Gasteiger partial charge in [-0.3, -0.25) is 10.1 Å². The van der Waals surface area contributed by atoms with Crippen LogP contribution in [0.5, 0.6) is 11.5 Å². The maximum Gasteiger partial charge on any atom is 0.363 e. The van der Waals surface area contributed by atoms with Crippen LogP contribution in [0.2, 0.25) is 0 Å². The Morgan fingerprint density at radius 1 is 1.19 bits per heavy atom. The number of aliphatic imine (C=N–C) groups is 1. The minimum absolute atomic E-state index is 0.00681. The summed E-state index contributed by atoms with van der Waals surface area (Å²) in [5.41, 5.74) is 1.31. The molecular weight excluding hydrogens is 352 g/mol. The maximum atomic E-state index is 12.2. The van der Waals surface area contributed by atoms with Crippen molar-refractivity contribution < 1.29 is 23.9 Å². The standard InChI is InChI=1S/C19H16N2O6/c1-11-7-8-15(21(23)24)13(9-11)18-20-14(19(22)27-18)10-12-5-4-6-16(25-2)17(12)26-3/h4-10H,1-3H3/b14-10-. The van der Waals surface area contributed by atoms with Gasteiger partial charge in [-0.1, -0.05) is 18.2 Å². The molecule has 2 aromatic rings. The first kappa shape index (κ1) is 18.1. The number of benzene rings is 2. The lowest BCUT2D eigenvalue weighted by atomic mass is 10.1.